The summed E-state index contributed by atoms with van der Waals surface area (Å²) in [6, 6.07) is 22.5. The molecule has 0 unspecified atom stereocenters. The highest BCUT2D eigenvalue weighted by Crippen LogP contribution is 2.36. The predicted molar refractivity (Wildman–Crippen MR) is 133 cm³/mol. The Morgan fingerprint density at radius 2 is 1.74 bits per heavy atom. The molecular formula is C29H24FN3O2. The van der Waals surface area contributed by atoms with Crippen molar-refractivity contribution in [2.75, 3.05) is 7.11 Å². The Hall–Kier alpha value is -4.19. The van der Waals surface area contributed by atoms with Crippen LogP contribution in [0.25, 0.3) is 17.1 Å². The van der Waals surface area contributed by atoms with E-state index in [9.17, 15) is 9.18 Å². The van der Waals surface area contributed by atoms with Crippen LogP contribution in [-0.2, 0) is 25.7 Å². The maximum Gasteiger partial charge on any atom is 0.278 e. The summed E-state index contributed by atoms with van der Waals surface area (Å²) in [6.07, 6.45) is 2.50. The molecule has 0 saturated carbocycles. The Labute approximate surface area is 202 Å². The monoisotopic (exact) mass is 465 g/mol. The standard InChI is InChI=1S/C29H24FN3O2/c1-35-22-12-13-23-20(17-22)9-14-26-27(23)31-24(15-18-5-3-2-4-6-18)28-32-25(29(34)33(26)28)16-19-7-10-21(30)11-8-19/h2-8,10-13,17,31H,9,14-16H2,1H3. The van der Waals surface area contributed by atoms with Crippen LogP contribution in [0.2, 0.25) is 0 Å². The van der Waals surface area contributed by atoms with E-state index in [4.69, 9.17) is 9.72 Å². The summed E-state index contributed by atoms with van der Waals surface area (Å²) in [5.41, 5.74) is 7.40. The SMILES string of the molecule is COc1ccc2c(c1)CCc1c-2[nH]c(Cc2ccccc2)c2nc(Cc3ccc(F)cc3)c(=O)n1-2. The molecule has 3 aliphatic rings. The number of benzene rings is 3. The minimum Gasteiger partial charge on any atom is -0.497 e. The van der Waals surface area contributed by atoms with E-state index in [1.165, 1.54) is 17.7 Å². The van der Waals surface area contributed by atoms with Gasteiger partial charge in [-0.2, -0.15) is 0 Å². The number of methoxy groups -OCH3 is 1. The third-order valence-corrected chi connectivity index (χ3v) is 6.73. The number of imidazole rings is 1. The molecule has 0 bridgehead atoms. The Balaban J connectivity index is 1.54. The first-order valence-corrected chi connectivity index (χ1v) is 11.7. The minimum atomic E-state index is -0.296. The molecule has 1 aliphatic carbocycles. The zero-order valence-electron chi connectivity index (χ0n) is 19.3. The summed E-state index contributed by atoms with van der Waals surface area (Å²) in [4.78, 5) is 22.2. The van der Waals surface area contributed by atoms with Crippen molar-refractivity contribution in [3.8, 4) is 22.8 Å². The number of nitrogens with one attached hydrogen (secondary N) is 1. The second-order valence-electron chi connectivity index (χ2n) is 8.94. The second kappa shape index (κ2) is 8.55. The van der Waals surface area contributed by atoms with Crippen LogP contribution >= 0.6 is 0 Å². The number of nitrogens with zero attached hydrogens (tertiary/aromatic N) is 2. The van der Waals surface area contributed by atoms with Gasteiger partial charge in [0.2, 0.25) is 0 Å². The molecule has 6 heteroatoms. The molecule has 1 N–H and O–H groups in total. The minimum absolute atomic E-state index is 0.110. The fraction of sp³-hybridized carbons (Fsp3) is 0.172. The van der Waals surface area contributed by atoms with E-state index in [2.05, 4.69) is 29.2 Å². The summed E-state index contributed by atoms with van der Waals surface area (Å²) < 4.78 is 20.6. The van der Waals surface area contributed by atoms with Crippen molar-refractivity contribution in [1.82, 2.24) is 14.5 Å². The van der Waals surface area contributed by atoms with Crippen molar-refractivity contribution in [1.29, 1.82) is 0 Å². The molecule has 0 spiro atoms. The molecule has 0 aromatic heterocycles. The van der Waals surface area contributed by atoms with Crippen molar-refractivity contribution >= 4 is 0 Å². The second-order valence-corrected chi connectivity index (χ2v) is 8.94. The van der Waals surface area contributed by atoms with E-state index in [0.29, 0.717) is 24.4 Å². The molecule has 6 rings (SSSR count). The number of rotatable bonds is 5. The van der Waals surface area contributed by atoms with Gasteiger partial charge in [-0.25, -0.2) is 9.37 Å². The van der Waals surface area contributed by atoms with Gasteiger partial charge in [-0.05, 0) is 59.9 Å². The maximum atomic E-state index is 13.7. The Kier molecular flexibility index (Phi) is 5.21. The van der Waals surface area contributed by atoms with Crippen molar-refractivity contribution in [2.45, 2.75) is 25.7 Å². The third kappa shape index (κ3) is 3.81. The number of hydrogen-bond acceptors (Lipinski definition) is 3. The average molecular weight is 466 g/mol. The van der Waals surface area contributed by atoms with Gasteiger partial charge in [-0.15, -0.1) is 0 Å². The number of fused-ring (bicyclic) bond motifs is 5. The van der Waals surface area contributed by atoms with Crippen molar-refractivity contribution in [3.05, 3.63) is 123 Å². The first kappa shape index (κ1) is 21.4. The molecule has 0 fully saturated rings. The Morgan fingerprint density at radius 3 is 2.51 bits per heavy atom. The predicted octanol–water partition coefficient (Wildman–Crippen LogP) is 5.09. The van der Waals surface area contributed by atoms with E-state index in [1.54, 1.807) is 23.8 Å². The van der Waals surface area contributed by atoms with Crippen molar-refractivity contribution < 1.29 is 9.13 Å². The molecule has 2 aliphatic heterocycles. The van der Waals surface area contributed by atoms with E-state index in [1.807, 2.05) is 24.3 Å². The number of aromatic amines is 1. The highest BCUT2D eigenvalue weighted by Gasteiger charge is 2.28. The Bertz CT molecular complexity index is 1550. The van der Waals surface area contributed by atoms with E-state index in [-0.39, 0.29) is 11.4 Å². The van der Waals surface area contributed by atoms with Gasteiger partial charge in [0, 0.05) is 18.4 Å². The molecule has 5 nitrogen and oxygen atoms in total. The molecule has 0 amide bonds. The lowest BCUT2D eigenvalue weighted by Crippen LogP contribution is -2.25. The van der Waals surface area contributed by atoms with E-state index >= 15 is 0 Å². The number of halogens is 1. The topological polar surface area (TPSA) is 59.9 Å². The maximum absolute atomic E-state index is 13.7. The highest BCUT2D eigenvalue weighted by atomic mass is 19.1. The highest BCUT2D eigenvalue weighted by molar-refractivity contribution is 5.71. The van der Waals surface area contributed by atoms with Crippen LogP contribution < -0.4 is 10.3 Å². The summed E-state index contributed by atoms with van der Waals surface area (Å²) >= 11 is 0. The van der Waals surface area contributed by atoms with Crippen LogP contribution in [0.3, 0.4) is 0 Å². The summed E-state index contributed by atoms with van der Waals surface area (Å²) in [5.74, 6) is 1.19. The van der Waals surface area contributed by atoms with Crippen LogP contribution in [0.15, 0.2) is 77.6 Å². The molecule has 35 heavy (non-hydrogen) atoms. The molecule has 174 valence electrons. The van der Waals surface area contributed by atoms with Gasteiger partial charge < -0.3 is 9.72 Å². The molecule has 0 atom stereocenters. The number of aromatic nitrogens is 3. The number of aryl methyl sites for hydroxylation is 1. The van der Waals surface area contributed by atoms with Gasteiger partial charge in [0.25, 0.3) is 5.56 Å². The van der Waals surface area contributed by atoms with Gasteiger partial charge in [0.1, 0.15) is 17.3 Å². The van der Waals surface area contributed by atoms with Crippen LogP contribution in [0.1, 0.15) is 33.8 Å². The zero-order valence-corrected chi connectivity index (χ0v) is 19.3. The Morgan fingerprint density at radius 1 is 0.971 bits per heavy atom. The fourth-order valence-electron chi connectivity index (χ4n) is 4.99. The van der Waals surface area contributed by atoms with Gasteiger partial charge >= 0.3 is 0 Å². The van der Waals surface area contributed by atoms with E-state index in [0.717, 1.165) is 52.4 Å². The van der Waals surface area contributed by atoms with Crippen LogP contribution in [-0.4, -0.2) is 21.6 Å². The first-order chi connectivity index (χ1) is 17.1. The van der Waals surface area contributed by atoms with Gasteiger partial charge in [-0.3, -0.25) is 9.36 Å². The lowest BCUT2D eigenvalue weighted by molar-refractivity contribution is 0.414. The van der Waals surface area contributed by atoms with Gasteiger partial charge in [0.15, 0.2) is 5.82 Å². The third-order valence-electron chi connectivity index (χ3n) is 6.73. The van der Waals surface area contributed by atoms with Gasteiger partial charge in [-0.1, -0.05) is 42.5 Å². The number of H-pyrrole nitrogens is 1. The lowest BCUT2D eigenvalue weighted by Gasteiger charge is -2.25. The number of ether oxygens (including phenoxy) is 1. The molecule has 2 heterocycles. The van der Waals surface area contributed by atoms with Crippen molar-refractivity contribution in [2.24, 2.45) is 0 Å². The zero-order chi connectivity index (χ0) is 23.9. The fourth-order valence-corrected chi connectivity index (χ4v) is 4.99. The van der Waals surface area contributed by atoms with Crippen LogP contribution in [0.5, 0.6) is 5.75 Å². The number of hydrogen-bond donors (Lipinski definition) is 1. The molecule has 3 aromatic carbocycles. The van der Waals surface area contributed by atoms with Crippen molar-refractivity contribution in [3.63, 3.8) is 0 Å². The molecule has 0 radical (unpaired) electrons. The van der Waals surface area contributed by atoms with Gasteiger partial charge in [0.05, 0.1) is 24.2 Å². The lowest BCUT2D eigenvalue weighted by atomic mass is 9.91. The smallest absolute Gasteiger partial charge is 0.278 e. The molecule has 3 aromatic rings. The van der Waals surface area contributed by atoms with E-state index < -0.39 is 0 Å². The van der Waals surface area contributed by atoms with Crippen LogP contribution in [0.4, 0.5) is 4.39 Å². The normalized spacial score (nSPS) is 12.4. The van der Waals surface area contributed by atoms with Crippen LogP contribution in [0, 0.1) is 5.82 Å². The quantitative estimate of drug-likeness (QED) is 0.393. The largest absolute Gasteiger partial charge is 0.497 e. The summed E-state index contributed by atoms with van der Waals surface area (Å²) in [7, 11) is 1.67. The average Bonchev–Trinajstić information content (AvgIpc) is 3.22. The summed E-state index contributed by atoms with van der Waals surface area (Å²) in [5, 5.41) is 0. The molecule has 0 saturated heterocycles. The summed E-state index contributed by atoms with van der Waals surface area (Å²) in [6.45, 7) is 0. The first-order valence-electron chi connectivity index (χ1n) is 11.7. The molecular weight excluding hydrogens is 441 g/mol.